The van der Waals surface area contributed by atoms with Crippen LogP contribution >= 0.6 is 15.9 Å². The summed E-state index contributed by atoms with van der Waals surface area (Å²) in [4.78, 5) is 0. The van der Waals surface area contributed by atoms with Gasteiger partial charge in [-0.05, 0) is 30.0 Å². The molecule has 0 saturated carbocycles. The Hall–Kier alpha value is -0.540. The van der Waals surface area contributed by atoms with E-state index in [9.17, 15) is 5.11 Å². The highest BCUT2D eigenvalue weighted by Crippen LogP contribution is 2.30. The first kappa shape index (κ1) is 12.5. The van der Waals surface area contributed by atoms with E-state index in [-0.39, 0.29) is 0 Å². The van der Waals surface area contributed by atoms with E-state index in [1.54, 1.807) is 7.11 Å². The highest BCUT2D eigenvalue weighted by molar-refractivity contribution is 9.10. The zero-order valence-corrected chi connectivity index (χ0v) is 10.9. The lowest BCUT2D eigenvalue weighted by atomic mass is 10.00. The molecule has 84 valence electrons. The van der Waals surface area contributed by atoms with Crippen molar-refractivity contribution in [1.82, 2.24) is 0 Å². The average Bonchev–Trinajstić information content (AvgIpc) is 2.16. The van der Waals surface area contributed by atoms with Gasteiger partial charge in [0.25, 0.3) is 0 Å². The molecule has 0 bridgehead atoms. The summed E-state index contributed by atoms with van der Waals surface area (Å²) in [6, 6.07) is 5.64. The second-order valence-corrected chi connectivity index (χ2v) is 4.89. The maximum atomic E-state index is 9.96. The van der Waals surface area contributed by atoms with Crippen LogP contribution in [0.15, 0.2) is 22.7 Å². The number of aliphatic hydroxyl groups is 1. The minimum absolute atomic E-state index is 0.412. The van der Waals surface area contributed by atoms with E-state index < -0.39 is 6.10 Å². The summed E-state index contributed by atoms with van der Waals surface area (Å²) in [6.45, 7) is 4.20. The van der Waals surface area contributed by atoms with Crippen LogP contribution in [-0.4, -0.2) is 12.2 Å². The molecule has 1 aromatic carbocycles. The molecule has 1 unspecified atom stereocenters. The lowest BCUT2D eigenvalue weighted by molar-refractivity contribution is 0.150. The predicted molar refractivity (Wildman–Crippen MR) is 65.1 cm³/mol. The van der Waals surface area contributed by atoms with Gasteiger partial charge in [0.15, 0.2) is 0 Å². The monoisotopic (exact) mass is 272 g/mol. The van der Waals surface area contributed by atoms with Crippen molar-refractivity contribution in [3.8, 4) is 5.75 Å². The van der Waals surface area contributed by atoms with Gasteiger partial charge in [0, 0.05) is 4.47 Å². The Balaban J connectivity index is 2.85. The van der Waals surface area contributed by atoms with Crippen molar-refractivity contribution in [1.29, 1.82) is 0 Å². The molecule has 1 rings (SSSR count). The Labute approximate surface area is 99.4 Å². The third-order valence-electron chi connectivity index (χ3n) is 2.26. The van der Waals surface area contributed by atoms with E-state index in [2.05, 4.69) is 29.8 Å². The molecule has 0 aliphatic rings. The van der Waals surface area contributed by atoms with Crippen molar-refractivity contribution >= 4 is 15.9 Å². The normalized spacial score (nSPS) is 12.9. The molecule has 0 saturated heterocycles. The number of benzene rings is 1. The van der Waals surface area contributed by atoms with Crippen molar-refractivity contribution < 1.29 is 9.84 Å². The highest BCUT2D eigenvalue weighted by atomic mass is 79.9. The van der Waals surface area contributed by atoms with Crippen LogP contribution in [-0.2, 0) is 0 Å². The number of hydrogen-bond acceptors (Lipinski definition) is 2. The number of ether oxygens (including phenoxy) is 1. The largest absolute Gasteiger partial charge is 0.497 e. The quantitative estimate of drug-likeness (QED) is 0.909. The SMILES string of the molecule is COc1ccc(C(O)CC(C)C)c(Br)c1. The van der Waals surface area contributed by atoms with Crippen LogP contribution in [0.25, 0.3) is 0 Å². The van der Waals surface area contributed by atoms with Gasteiger partial charge in [0.2, 0.25) is 0 Å². The molecule has 0 radical (unpaired) electrons. The van der Waals surface area contributed by atoms with Crippen LogP contribution in [0.2, 0.25) is 0 Å². The van der Waals surface area contributed by atoms with Crippen molar-refractivity contribution in [2.75, 3.05) is 7.11 Å². The van der Waals surface area contributed by atoms with Gasteiger partial charge in [0.1, 0.15) is 5.75 Å². The fourth-order valence-electron chi connectivity index (χ4n) is 1.48. The number of halogens is 1. The van der Waals surface area contributed by atoms with Crippen LogP contribution < -0.4 is 4.74 Å². The fraction of sp³-hybridized carbons (Fsp3) is 0.500. The van der Waals surface area contributed by atoms with Gasteiger partial charge in [0.05, 0.1) is 13.2 Å². The summed E-state index contributed by atoms with van der Waals surface area (Å²) < 4.78 is 6.00. The van der Waals surface area contributed by atoms with E-state index in [0.717, 1.165) is 22.2 Å². The molecule has 1 N–H and O–H groups in total. The molecule has 0 aliphatic carbocycles. The van der Waals surface area contributed by atoms with E-state index in [4.69, 9.17) is 4.74 Å². The first-order valence-electron chi connectivity index (χ1n) is 5.06. The van der Waals surface area contributed by atoms with Crippen LogP contribution in [0.1, 0.15) is 31.9 Å². The summed E-state index contributed by atoms with van der Waals surface area (Å²) in [7, 11) is 1.63. The Morgan fingerprint density at radius 3 is 2.53 bits per heavy atom. The van der Waals surface area contributed by atoms with Crippen LogP contribution in [0, 0.1) is 5.92 Å². The van der Waals surface area contributed by atoms with Crippen molar-refractivity contribution in [3.63, 3.8) is 0 Å². The standard InChI is InChI=1S/C12H17BrO2/c1-8(2)6-12(14)10-5-4-9(15-3)7-11(10)13/h4-5,7-8,12,14H,6H2,1-3H3. The number of aliphatic hydroxyl groups excluding tert-OH is 1. The second kappa shape index (κ2) is 5.52. The topological polar surface area (TPSA) is 29.5 Å². The number of hydrogen-bond donors (Lipinski definition) is 1. The first-order valence-corrected chi connectivity index (χ1v) is 5.85. The summed E-state index contributed by atoms with van der Waals surface area (Å²) in [6.07, 6.45) is 0.357. The molecule has 15 heavy (non-hydrogen) atoms. The molecule has 0 spiro atoms. The lowest BCUT2D eigenvalue weighted by Gasteiger charge is -2.15. The van der Waals surface area contributed by atoms with Crippen LogP contribution in [0.4, 0.5) is 0 Å². The van der Waals surface area contributed by atoms with Crippen LogP contribution in [0.5, 0.6) is 5.75 Å². The van der Waals surface area contributed by atoms with Crippen molar-refractivity contribution in [2.45, 2.75) is 26.4 Å². The summed E-state index contributed by atoms with van der Waals surface area (Å²) in [5, 5.41) is 9.96. The fourth-order valence-corrected chi connectivity index (χ4v) is 2.10. The van der Waals surface area contributed by atoms with Crippen molar-refractivity contribution in [2.24, 2.45) is 5.92 Å². The molecule has 1 atom stereocenters. The van der Waals surface area contributed by atoms with E-state index in [0.29, 0.717) is 5.92 Å². The zero-order chi connectivity index (χ0) is 11.4. The van der Waals surface area contributed by atoms with Crippen molar-refractivity contribution in [3.05, 3.63) is 28.2 Å². The Morgan fingerprint density at radius 1 is 1.40 bits per heavy atom. The average molecular weight is 273 g/mol. The van der Waals surface area contributed by atoms with Gasteiger partial charge in [-0.1, -0.05) is 35.8 Å². The van der Waals surface area contributed by atoms with Gasteiger partial charge in [-0.15, -0.1) is 0 Å². The Bertz CT molecular complexity index is 323. The highest BCUT2D eigenvalue weighted by Gasteiger charge is 2.13. The van der Waals surface area contributed by atoms with Gasteiger partial charge in [-0.3, -0.25) is 0 Å². The maximum absolute atomic E-state index is 9.96. The third kappa shape index (κ3) is 3.50. The van der Waals surface area contributed by atoms with Gasteiger partial charge < -0.3 is 9.84 Å². The molecule has 0 amide bonds. The smallest absolute Gasteiger partial charge is 0.120 e. The minimum atomic E-state index is -0.412. The van der Waals surface area contributed by atoms with Gasteiger partial charge in [-0.2, -0.15) is 0 Å². The second-order valence-electron chi connectivity index (χ2n) is 4.03. The zero-order valence-electron chi connectivity index (χ0n) is 9.33. The van der Waals surface area contributed by atoms with E-state index in [1.165, 1.54) is 0 Å². The third-order valence-corrected chi connectivity index (χ3v) is 2.95. The molecule has 2 nitrogen and oxygen atoms in total. The van der Waals surface area contributed by atoms with E-state index in [1.807, 2.05) is 18.2 Å². The first-order chi connectivity index (χ1) is 7.04. The van der Waals surface area contributed by atoms with Crippen LogP contribution in [0.3, 0.4) is 0 Å². The van der Waals surface area contributed by atoms with Gasteiger partial charge >= 0.3 is 0 Å². The molecule has 1 aromatic rings. The Kier molecular flexibility index (Phi) is 4.61. The number of rotatable bonds is 4. The molecule has 3 heteroatoms. The maximum Gasteiger partial charge on any atom is 0.120 e. The van der Waals surface area contributed by atoms with E-state index >= 15 is 0 Å². The molecule has 0 fully saturated rings. The minimum Gasteiger partial charge on any atom is -0.497 e. The summed E-state index contributed by atoms with van der Waals surface area (Å²) in [5.41, 5.74) is 0.921. The molecule has 0 aliphatic heterocycles. The molecule has 0 aromatic heterocycles. The molecule has 0 heterocycles. The lowest BCUT2D eigenvalue weighted by Crippen LogP contribution is -2.02. The van der Waals surface area contributed by atoms with Gasteiger partial charge in [-0.25, -0.2) is 0 Å². The molecular formula is C12H17BrO2. The number of methoxy groups -OCH3 is 1. The Morgan fingerprint density at radius 2 is 2.07 bits per heavy atom. The summed E-state index contributed by atoms with van der Waals surface area (Å²) >= 11 is 3.44. The summed E-state index contributed by atoms with van der Waals surface area (Å²) in [5.74, 6) is 1.27. The molecular weight excluding hydrogens is 256 g/mol. The predicted octanol–water partition coefficient (Wildman–Crippen LogP) is 3.54.